The number of aryl methyl sites for hydroxylation is 1. The molecule has 0 bridgehead atoms. The Balaban J connectivity index is 1.99. The second kappa shape index (κ2) is 5.26. The average molecular weight is 310 g/mol. The molecule has 0 radical (unpaired) electrons. The molecule has 0 aliphatic carbocycles. The van der Waals surface area contributed by atoms with Crippen LogP contribution in [0.4, 0.5) is 10.2 Å². The van der Waals surface area contributed by atoms with E-state index in [1.807, 2.05) is 16.6 Å². The van der Waals surface area contributed by atoms with Crippen molar-refractivity contribution < 1.29 is 4.39 Å². The van der Waals surface area contributed by atoms with Crippen LogP contribution in [0.5, 0.6) is 0 Å². The first-order chi connectivity index (χ1) is 9.97. The minimum absolute atomic E-state index is 0.0625. The van der Waals surface area contributed by atoms with E-state index < -0.39 is 5.82 Å². The van der Waals surface area contributed by atoms with Gasteiger partial charge in [0.25, 0.3) is 0 Å². The van der Waals surface area contributed by atoms with Crippen LogP contribution in [0.15, 0.2) is 6.20 Å². The molecular weight excluding hydrogens is 293 g/mol. The van der Waals surface area contributed by atoms with Crippen molar-refractivity contribution in [2.24, 2.45) is 7.05 Å². The van der Waals surface area contributed by atoms with Crippen LogP contribution in [-0.4, -0.2) is 26.3 Å². The molecule has 3 heterocycles. The van der Waals surface area contributed by atoms with E-state index in [9.17, 15) is 4.39 Å². The predicted molar refractivity (Wildman–Crippen MR) is 79.1 cm³/mol. The van der Waals surface area contributed by atoms with Gasteiger partial charge in [-0.05, 0) is 17.5 Å². The number of fused-ring (bicyclic) bond motifs is 1. The molecule has 0 saturated heterocycles. The van der Waals surface area contributed by atoms with E-state index in [1.54, 1.807) is 0 Å². The van der Waals surface area contributed by atoms with Gasteiger partial charge in [0.2, 0.25) is 5.28 Å². The van der Waals surface area contributed by atoms with Gasteiger partial charge in [0.15, 0.2) is 11.6 Å². The number of hydrogen-bond acceptors (Lipinski definition) is 4. The summed E-state index contributed by atoms with van der Waals surface area (Å²) in [5.41, 5.74) is 3.46. The van der Waals surface area contributed by atoms with Crippen molar-refractivity contribution in [2.45, 2.75) is 32.7 Å². The number of rotatable bonds is 2. The predicted octanol–water partition coefficient (Wildman–Crippen LogP) is 2.69. The largest absolute Gasteiger partial charge is 0.349 e. The zero-order valence-corrected chi connectivity index (χ0v) is 13.0. The summed E-state index contributed by atoms with van der Waals surface area (Å²) in [6.07, 6.45) is 1.89. The lowest BCUT2D eigenvalue weighted by atomic mass is 9.99. The average Bonchev–Trinajstić information content (AvgIpc) is 2.76. The molecule has 1 aliphatic heterocycles. The molecule has 1 aliphatic rings. The van der Waals surface area contributed by atoms with Crippen LogP contribution in [-0.2, 0) is 20.0 Å². The van der Waals surface area contributed by atoms with Crippen LogP contribution in [0, 0.1) is 5.82 Å². The van der Waals surface area contributed by atoms with E-state index in [4.69, 9.17) is 11.6 Å². The van der Waals surface area contributed by atoms with Crippen LogP contribution in [0.3, 0.4) is 0 Å². The Morgan fingerprint density at radius 2 is 2.14 bits per heavy atom. The summed E-state index contributed by atoms with van der Waals surface area (Å²) in [6, 6.07) is 0. The minimum atomic E-state index is -0.446. The maximum Gasteiger partial charge on any atom is 0.224 e. The molecule has 0 spiro atoms. The third kappa shape index (κ3) is 2.48. The van der Waals surface area contributed by atoms with Crippen LogP contribution in [0.2, 0.25) is 5.28 Å². The summed E-state index contributed by atoms with van der Waals surface area (Å²) < 4.78 is 15.9. The van der Waals surface area contributed by atoms with Crippen molar-refractivity contribution in [3.63, 3.8) is 0 Å². The van der Waals surface area contributed by atoms with E-state index in [-0.39, 0.29) is 11.1 Å². The van der Waals surface area contributed by atoms with Crippen molar-refractivity contribution in [3.05, 3.63) is 34.2 Å². The van der Waals surface area contributed by atoms with Crippen LogP contribution >= 0.6 is 11.6 Å². The molecule has 0 amide bonds. The van der Waals surface area contributed by atoms with Crippen molar-refractivity contribution in [2.75, 3.05) is 11.4 Å². The Morgan fingerprint density at radius 1 is 1.38 bits per heavy atom. The van der Waals surface area contributed by atoms with E-state index in [0.29, 0.717) is 19.0 Å². The monoisotopic (exact) mass is 309 g/mol. The highest BCUT2D eigenvalue weighted by Gasteiger charge is 2.27. The Bertz CT molecular complexity index is 682. The van der Waals surface area contributed by atoms with Gasteiger partial charge in [-0.2, -0.15) is 10.1 Å². The first-order valence-corrected chi connectivity index (χ1v) is 7.32. The molecule has 3 rings (SSSR count). The van der Waals surface area contributed by atoms with Crippen molar-refractivity contribution in [1.82, 2.24) is 19.7 Å². The molecule has 2 aromatic heterocycles. The number of aromatic nitrogens is 4. The normalized spacial score (nSPS) is 14.7. The van der Waals surface area contributed by atoms with Crippen LogP contribution in [0.1, 0.15) is 36.7 Å². The molecule has 0 unspecified atom stereocenters. The van der Waals surface area contributed by atoms with Gasteiger partial charge in [0.1, 0.15) is 0 Å². The van der Waals surface area contributed by atoms with Gasteiger partial charge in [-0.3, -0.25) is 4.68 Å². The molecule has 21 heavy (non-hydrogen) atoms. The second-order valence-corrected chi connectivity index (χ2v) is 5.91. The molecule has 0 fully saturated rings. The molecular formula is C14H17ClFN5. The summed E-state index contributed by atoms with van der Waals surface area (Å²) >= 11 is 5.79. The Labute approximate surface area is 127 Å². The second-order valence-electron chi connectivity index (χ2n) is 5.57. The molecule has 2 aromatic rings. The zero-order valence-electron chi connectivity index (χ0n) is 12.3. The third-order valence-corrected chi connectivity index (χ3v) is 3.97. The molecule has 0 atom stereocenters. The highest BCUT2D eigenvalue weighted by atomic mass is 35.5. The van der Waals surface area contributed by atoms with Gasteiger partial charge in [0.05, 0.1) is 11.9 Å². The fraction of sp³-hybridized carbons (Fsp3) is 0.500. The number of halogens is 2. The van der Waals surface area contributed by atoms with Gasteiger partial charge in [-0.25, -0.2) is 9.37 Å². The topological polar surface area (TPSA) is 46.8 Å². The molecule has 5 nitrogen and oxygen atoms in total. The van der Waals surface area contributed by atoms with Crippen LogP contribution < -0.4 is 4.90 Å². The van der Waals surface area contributed by atoms with Gasteiger partial charge < -0.3 is 4.90 Å². The smallest absolute Gasteiger partial charge is 0.224 e. The summed E-state index contributed by atoms with van der Waals surface area (Å²) in [7, 11) is 1.96. The maximum atomic E-state index is 13.9. The van der Waals surface area contributed by atoms with Gasteiger partial charge in [-0.15, -0.1) is 0 Å². The number of hydrogen-bond donors (Lipinski definition) is 0. The summed E-state index contributed by atoms with van der Waals surface area (Å²) in [6.45, 7) is 5.55. The van der Waals surface area contributed by atoms with E-state index >= 15 is 0 Å². The zero-order chi connectivity index (χ0) is 15.1. The molecule has 7 heteroatoms. The lowest BCUT2D eigenvalue weighted by Gasteiger charge is -2.28. The number of anilines is 1. The van der Waals surface area contributed by atoms with Crippen molar-refractivity contribution in [3.8, 4) is 0 Å². The Kier molecular flexibility index (Phi) is 3.57. The van der Waals surface area contributed by atoms with Crippen molar-refractivity contribution in [1.29, 1.82) is 0 Å². The fourth-order valence-corrected chi connectivity index (χ4v) is 3.11. The van der Waals surface area contributed by atoms with Gasteiger partial charge in [-0.1, -0.05) is 13.8 Å². The quantitative estimate of drug-likeness (QED) is 0.800. The Hall–Kier alpha value is -1.69. The highest BCUT2D eigenvalue weighted by molar-refractivity contribution is 6.28. The highest BCUT2D eigenvalue weighted by Crippen LogP contribution is 2.30. The van der Waals surface area contributed by atoms with Crippen LogP contribution in [0.25, 0.3) is 0 Å². The van der Waals surface area contributed by atoms with E-state index in [1.165, 1.54) is 11.3 Å². The minimum Gasteiger partial charge on any atom is -0.349 e. The molecule has 0 saturated carbocycles. The summed E-state index contributed by atoms with van der Waals surface area (Å²) in [5, 5.41) is 4.64. The number of nitrogens with zero attached hydrogens (tertiary/aromatic N) is 5. The SMILES string of the molecule is CC(C)c1c2c(nn1C)CCN(c1nc(Cl)ncc1F)C2. The maximum absolute atomic E-state index is 13.9. The third-order valence-electron chi connectivity index (χ3n) is 3.79. The van der Waals surface area contributed by atoms with Crippen molar-refractivity contribution >= 4 is 17.4 Å². The first kappa shape index (κ1) is 14.3. The standard InChI is InChI=1S/C14H17ClFN5/c1-8(2)12-9-7-21(5-4-11(9)19-20(12)3)13-10(16)6-17-14(15)18-13/h6,8H,4-5,7H2,1-3H3. The molecule has 0 aromatic carbocycles. The van der Waals surface area contributed by atoms with Gasteiger partial charge >= 0.3 is 0 Å². The summed E-state index contributed by atoms with van der Waals surface area (Å²) in [4.78, 5) is 9.59. The first-order valence-electron chi connectivity index (χ1n) is 6.95. The molecule has 112 valence electrons. The summed E-state index contributed by atoms with van der Waals surface area (Å²) in [5.74, 6) is 0.182. The van der Waals surface area contributed by atoms with E-state index in [0.717, 1.165) is 18.3 Å². The lowest BCUT2D eigenvalue weighted by Crippen LogP contribution is -2.32. The van der Waals surface area contributed by atoms with Gasteiger partial charge in [0, 0.05) is 37.8 Å². The Morgan fingerprint density at radius 3 is 2.86 bits per heavy atom. The fourth-order valence-electron chi connectivity index (χ4n) is 2.98. The molecule has 0 N–H and O–H groups in total. The lowest BCUT2D eigenvalue weighted by molar-refractivity contribution is 0.592. The van der Waals surface area contributed by atoms with E-state index in [2.05, 4.69) is 28.9 Å².